The normalized spacial score (nSPS) is 19.6. The number of nitrogens with zero attached hydrogens (tertiary/aromatic N) is 3. The third-order valence-corrected chi connectivity index (χ3v) is 7.51. The van der Waals surface area contributed by atoms with Crippen LogP contribution in [0.2, 0.25) is 0 Å². The highest BCUT2D eigenvalue weighted by Crippen LogP contribution is 2.33. The van der Waals surface area contributed by atoms with Crippen molar-refractivity contribution in [1.82, 2.24) is 20.0 Å². The molecule has 2 aliphatic heterocycles. The van der Waals surface area contributed by atoms with Crippen LogP contribution in [0.5, 0.6) is 0 Å². The van der Waals surface area contributed by atoms with E-state index in [1.807, 2.05) is 29.2 Å². The average Bonchev–Trinajstić information content (AvgIpc) is 3.46. The van der Waals surface area contributed by atoms with Crippen molar-refractivity contribution in [3.63, 3.8) is 0 Å². The van der Waals surface area contributed by atoms with Crippen molar-refractivity contribution in [3.05, 3.63) is 111 Å². The van der Waals surface area contributed by atoms with Gasteiger partial charge in [0.2, 0.25) is 0 Å². The van der Waals surface area contributed by atoms with Gasteiger partial charge >= 0.3 is 0 Å². The molecule has 0 spiro atoms. The van der Waals surface area contributed by atoms with Gasteiger partial charge in [-0.3, -0.25) is 14.5 Å². The van der Waals surface area contributed by atoms with Crippen LogP contribution < -0.4 is 5.56 Å². The molecule has 0 bridgehead atoms. The number of aromatic amines is 1. The quantitative estimate of drug-likeness (QED) is 0.469. The molecule has 0 saturated carbocycles. The molecular weight excluding hydrogens is 455 g/mol. The fourth-order valence-electron chi connectivity index (χ4n) is 5.74. The lowest BCUT2D eigenvalue weighted by Gasteiger charge is -2.22. The van der Waals surface area contributed by atoms with Gasteiger partial charge in [-0.2, -0.15) is 5.10 Å². The third-order valence-electron chi connectivity index (χ3n) is 7.51. The van der Waals surface area contributed by atoms with Crippen LogP contribution in [0.4, 0.5) is 4.39 Å². The van der Waals surface area contributed by atoms with Crippen LogP contribution in [0.3, 0.4) is 0 Å². The molecule has 36 heavy (non-hydrogen) atoms. The highest BCUT2D eigenvalue weighted by molar-refractivity contribution is 5.95. The predicted molar refractivity (Wildman–Crippen MR) is 136 cm³/mol. The summed E-state index contributed by atoms with van der Waals surface area (Å²) in [4.78, 5) is 29.7. The van der Waals surface area contributed by atoms with Crippen LogP contribution in [0.25, 0.3) is 10.8 Å². The van der Waals surface area contributed by atoms with E-state index in [0.29, 0.717) is 42.4 Å². The van der Waals surface area contributed by atoms with Gasteiger partial charge < -0.3 is 4.90 Å². The molecule has 0 aliphatic carbocycles. The Morgan fingerprint density at radius 2 is 1.58 bits per heavy atom. The summed E-state index contributed by atoms with van der Waals surface area (Å²) in [6, 6.07) is 22.4. The number of carbonyl (C=O) groups excluding carboxylic acids is 1. The van der Waals surface area contributed by atoms with E-state index >= 15 is 0 Å². The van der Waals surface area contributed by atoms with Gasteiger partial charge in [0, 0.05) is 44.5 Å². The van der Waals surface area contributed by atoms with Crippen molar-refractivity contribution in [1.29, 1.82) is 0 Å². The Kier molecular flexibility index (Phi) is 5.85. The Morgan fingerprint density at radius 1 is 0.889 bits per heavy atom. The number of nitrogens with one attached hydrogen (secondary N) is 1. The van der Waals surface area contributed by atoms with Crippen LogP contribution in [0, 0.1) is 17.7 Å². The first kappa shape index (κ1) is 22.6. The smallest absolute Gasteiger partial charge is 0.272 e. The average molecular weight is 483 g/mol. The standard InChI is InChI=1S/C29H27FN4O2/c30-26-11-10-20(13-27-23-8-4-5-9-24(23)28(35)32-31-27)12-25(26)29(36)34-17-21-15-33(16-22(21)18-34)14-19-6-2-1-3-7-19/h1-12,21-22H,13-18H2,(H,32,35). The monoisotopic (exact) mass is 482 g/mol. The lowest BCUT2D eigenvalue weighted by Crippen LogP contribution is -2.33. The maximum atomic E-state index is 14.8. The summed E-state index contributed by atoms with van der Waals surface area (Å²) in [6.45, 7) is 4.15. The fraction of sp³-hybridized carbons (Fsp3) is 0.276. The first-order valence-corrected chi connectivity index (χ1v) is 12.4. The van der Waals surface area contributed by atoms with Crippen molar-refractivity contribution < 1.29 is 9.18 Å². The second-order valence-corrected chi connectivity index (χ2v) is 9.95. The molecule has 2 aliphatic rings. The Labute approximate surface area is 208 Å². The van der Waals surface area contributed by atoms with E-state index in [9.17, 15) is 14.0 Å². The minimum absolute atomic E-state index is 0.0994. The van der Waals surface area contributed by atoms with E-state index in [1.54, 1.807) is 18.2 Å². The predicted octanol–water partition coefficient (Wildman–Crippen LogP) is 3.86. The number of likely N-dealkylation sites (tertiary alicyclic amines) is 2. The maximum Gasteiger partial charge on any atom is 0.272 e. The van der Waals surface area contributed by atoms with E-state index < -0.39 is 5.82 Å². The molecule has 3 aromatic carbocycles. The number of amides is 1. The van der Waals surface area contributed by atoms with Gasteiger partial charge in [0.05, 0.1) is 16.6 Å². The van der Waals surface area contributed by atoms with Gasteiger partial charge in [0.15, 0.2) is 0 Å². The summed E-state index contributed by atoms with van der Waals surface area (Å²) in [7, 11) is 0. The summed E-state index contributed by atoms with van der Waals surface area (Å²) in [5.41, 5.74) is 2.62. The van der Waals surface area contributed by atoms with Crippen LogP contribution in [0.1, 0.15) is 27.2 Å². The molecule has 182 valence electrons. The van der Waals surface area contributed by atoms with Crippen molar-refractivity contribution in [2.75, 3.05) is 26.2 Å². The number of benzene rings is 3. The highest BCUT2D eigenvalue weighted by Gasteiger charge is 2.42. The zero-order valence-corrected chi connectivity index (χ0v) is 19.9. The molecule has 1 aromatic heterocycles. The molecule has 6 nitrogen and oxygen atoms in total. The number of carbonyl (C=O) groups is 1. The zero-order chi connectivity index (χ0) is 24.6. The minimum atomic E-state index is -0.509. The van der Waals surface area contributed by atoms with Crippen LogP contribution in [-0.4, -0.2) is 52.1 Å². The molecule has 6 rings (SSSR count). The van der Waals surface area contributed by atoms with Gasteiger partial charge in [0.1, 0.15) is 5.82 Å². The van der Waals surface area contributed by atoms with Crippen molar-refractivity contribution in [2.45, 2.75) is 13.0 Å². The molecule has 2 unspecified atom stereocenters. The van der Waals surface area contributed by atoms with Crippen molar-refractivity contribution >= 4 is 16.7 Å². The number of fused-ring (bicyclic) bond motifs is 2. The first-order chi connectivity index (χ1) is 17.5. The molecule has 2 saturated heterocycles. The van der Waals surface area contributed by atoms with E-state index in [1.165, 1.54) is 11.6 Å². The largest absolute Gasteiger partial charge is 0.338 e. The second kappa shape index (κ2) is 9.32. The van der Waals surface area contributed by atoms with Crippen molar-refractivity contribution in [2.24, 2.45) is 11.8 Å². The Hall–Kier alpha value is -3.84. The lowest BCUT2D eigenvalue weighted by molar-refractivity contribution is 0.0768. The van der Waals surface area contributed by atoms with E-state index in [-0.39, 0.29) is 17.0 Å². The number of hydrogen-bond acceptors (Lipinski definition) is 4. The van der Waals surface area contributed by atoms with Crippen molar-refractivity contribution in [3.8, 4) is 0 Å². The van der Waals surface area contributed by atoms with E-state index in [4.69, 9.17) is 0 Å². The number of halogens is 1. The molecule has 3 heterocycles. The number of aromatic nitrogens is 2. The molecule has 1 amide bonds. The van der Waals surface area contributed by atoms with Gasteiger partial charge in [-0.25, -0.2) is 9.49 Å². The van der Waals surface area contributed by atoms with Crippen LogP contribution in [0.15, 0.2) is 77.6 Å². The van der Waals surface area contributed by atoms with Gasteiger partial charge in [-0.15, -0.1) is 0 Å². The van der Waals surface area contributed by atoms with Gasteiger partial charge in [-0.1, -0.05) is 54.6 Å². The highest BCUT2D eigenvalue weighted by atomic mass is 19.1. The van der Waals surface area contributed by atoms with Crippen LogP contribution >= 0.6 is 0 Å². The topological polar surface area (TPSA) is 69.3 Å². The molecule has 2 fully saturated rings. The van der Waals surface area contributed by atoms with E-state index in [0.717, 1.165) is 30.6 Å². The summed E-state index contributed by atoms with van der Waals surface area (Å²) in [5, 5.41) is 8.08. The Bertz CT molecular complexity index is 1470. The molecule has 0 radical (unpaired) electrons. The summed E-state index contributed by atoms with van der Waals surface area (Å²) in [6.07, 6.45) is 0.386. The molecule has 1 N–H and O–H groups in total. The summed E-state index contributed by atoms with van der Waals surface area (Å²) in [5.74, 6) is 0.0738. The molecular formula is C29H27FN4O2. The minimum Gasteiger partial charge on any atom is -0.338 e. The van der Waals surface area contributed by atoms with Crippen LogP contribution in [-0.2, 0) is 13.0 Å². The molecule has 7 heteroatoms. The Balaban J connectivity index is 1.16. The second-order valence-electron chi connectivity index (χ2n) is 9.95. The number of H-pyrrole nitrogens is 1. The summed E-state index contributed by atoms with van der Waals surface area (Å²) < 4.78 is 14.8. The maximum absolute atomic E-state index is 14.8. The molecule has 4 aromatic rings. The SMILES string of the molecule is O=C(c1cc(Cc2n[nH]c(=O)c3ccccc23)ccc1F)N1CC2CN(Cc3ccccc3)CC2C1. The molecule has 2 atom stereocenters. The lowest BCUT2D eigenvalue weighted by atomic mass is 10.0. The zero-order valence-electron chi connectivity index (χ0n) is 19.9. The number of rotatable bonds is 5. The Morgan fingerprint density at radius 3 is 2.33 bits per heavy atom. The van der Waals surface area contributed by atoms with Gasteiger partial charge in [-0.05, 0) is 41.2 Å². The first-order valence-electron chi connectivity index (χ1n) is 12.4. The third kappa shape index (κ3) is 4.31. The number of hydrogen-bond donors (Lipinski definition) is 1. The van der Waals surface area contributed by atoms with Gasteiger partial charge in [0.25, 0.3) is 11.5 Å². The van der Waals surface area contributed by atoms with E-state index in [2.05, 4.69) is 39.4 Å². The fourth-order valence-corrected chi connectivity index (χ4v) is 5.74. The summed E-state index contributed by atoms with van der Waals surface area (Å²) >= 11 is 0.